The smallest absolute Gasteiger partial charge is 0.120 e. The minimum absolute atomic E-state index is 0.629. The maximum Gasteiger partial charge on any atom is 0.120 e. The van der Waals surface area contributed by atoms with Crippen molar-refractivity contribution >= 4 is 0 Å². The van der Waals surface area contributed by atoms with Crippen molar-refractivity contribution in [3.05, 3.63) is 65.2 Å². The van der Waals surface area contributed by atoms with Crippen LogP contribution in [-0.2, 0) is 6.61 Å². The lowest BCUT2D eigenvalue weighted by Crippen LogP contribution is -1.95. The maximum atomic E-state index is 5.71. The minimum atomic E-state index is 0.629. The molecule has 0 aliphatic rings. The molecule has 0 unspecified atom stereocenters. The first-order chi connectivity index (χ1) is 7.74. The highest BCUT2D eigenvalue weighted by Crippen LogP contribution is 2.14. The average Bonchev–Trinajstić information content (AvgIpc) is 2.28. The van der Waals surface area contributed by atoms with Crippen molar-refractivity contribution in [2.24, 2.45) is 0 Å². The van der Waals surface area contributed by atoms with E-state index >= 15 is 0 Å². The summed E-state index contributed by atoms with van der Waals surface area (Å²) >= 11 is 0. The molecule has 1 heteroatoms. The van der Waals surface area contributed by atoms with Gasteiger partial charge >= 0.3 is 0 Å². The van der Waals surface area contributed by atoms with Gasteiger partial charge in [-0.3, -0.25) is 0 Å². The van der Waals surface area contributed by atoms with Crippen LogP contribution >= 0.6 is 0 Å². The first-order valence-corrected chi connectivity index (χ1v) is 5.49. The standard InChI is InChI=1S/C15H16O/c1-12-6-8-14(9-7-12)11-16-15-5-3-4-13(2)10-15/h3-10H,11H2,1-2H3. The van der Waals surface area contributed by atoms with E-state index in [2.05, 4.69) is 44.2 Å². The number of hydrogen-bond acceptors (Lipinski definition) is 1. The molecule has 1 nitrogen and oxygen atoms in total. The van der Waals surface area contributed by atoms with Crippen LogP contribution in [0.5, 0.6) is 5.75 Å². The Morgan fingerprint density at radius 2 is 1.62 bits per heavy atom. The van der Waals surface area contributed by atoms with Crippen molar-refractivity contribution in [3.63, 3.8) is 0 Å². The van der Waals surface area contributed by atoms with Gasteiger partial charge in [-0.05, 0) is 37.1 Å². The number of aryl methyl sites for hydroxylation is 2. The zero-order valence-electron chi connectivity index (χ0n) is 9.73. The Balaban J connectivity index is 1.99. The molecule has 16 heavy (non-hydrogen) atoms. The lowest BCUT2D eigenvalue weighted by molar-refractivity contribution is 0.306. The molecule has 0 saturated carbocycles. The molecular weight excluding hydrogens is 196 g/mol. The minimum Gasteiger partial charge on any atom is -0.489 e. The summed E-state index contributed by atoms with van der Waals surface area (Å²) in [5.41, 5.74) is 3.70. The van der Waals surface area contributed by atoms with E-state index in [9.17, 15) is 0 Å². The fourth-order valence-corrected chi connectivity index (χ4v) is 1.56. The Morgan fingerprint density at radius 1 is 0.875 bits per heavy atom. The topological polar surface area (TPSA) is 9.23 Å². The molecule has 0 heterocycles. The van der Waals surface area contributed by atoms with Gasteiger partial charge in [0.05, 0.1) is 0 Å². The fraction of sp³-hybridized carbons (Fsp3) is 0.200. The number of ether oxygens (including phenoxy) is 1. The van der Waals surface area contributed by atoms with Gasteiger partial charge in [-0.15, -0.1) is 0 Å². The summed E-state index contributed by atoms with van der Waals surface area (Å²) in [6, 6.07) is 16.5. The molecule has 2 aromatic rings. The maximum absolute atomic E-state index is 5.71. The zero-order valence-corrected chi connectivity index (χ0v) is 9.73. The third-order valence-electron chi connectivity index (χ3n) is 2.52. The Bertz CT molecular complexity index is 457. The van der Waals surface area contributed by atoms with Gasteiger partial charge in [0.15, 0.2) is 0 Å². The van der Waals surface area contributed by atoms with Crippen LogP contribution in [0.15, 0.2) is 48.5 Å². The molecule has 0 saturated heterocycles. The first kappa shape index (κ1) is 10.7. The van der Waals surface area contributed by atoms with Crippen molar-refractivity contribution < 1.29 is 4.74 Å². The summed E-state index contributed by atoms with van der Waals surface area (Å²) in [6.07, 6.45) is 0. The molecule has 0 aromatic heterocycles. The van der Waals surface area contributed by atoms with Crippen molar-refractivity contribution in [2.75, 3.05) is 0 Å². The molecule has 0 amide bonds. The van der Waals surface area contributed by atoms with Gasteiger partial charge in [-0.25, -0.2) is 0 Å². The summed E-state index contributed by atoms with van der Waals surface area (Å²) in [6.45, 7) is 4.79. The normalized spacial score (nSPS) is 10.1. The van der Waals surface area contributed by atoms with E-state index in [1.807, 2.05) is 18.2 Å². The molecule has 0 bridgehead atoms. The highest BCUT2D eigenvalue weighted by atomic mass is 16.5. The van der Waals surface area contributed by atoms with E-state index in [1.54, 1.807) is 0 Å². The molecular formula is C15H16O. The Morgan fingerprint density at radius 3 is 2.31 bits per heavy atom. The van der Waals surface area contributed by atoms with Crippen LogP contribution in [0, 0.1) is 13.8 Å². The summed E-state index contributed by atoms with van der Waals surface area (Å²) < 4.78 is 5.71. The van der Waals surface area contributed by atoms with Gasteiger partial charge in [0, 0.05) is 0 Å². The van der Waals surface area contributed by atoms with Gasteiger partial charge in [0.25, 0.3) is 0 Å². The summed E-state index contributed by atoms with van der Waals surface area (Å²) in [7, 11) is 0. The molecule has 0 radical (unpaired) electrons. The van der Waals surface area contributed by atoms with Crippen molar-refractivity contribution in [1.82, 2.24) is 0 Å². The summed E-state index contributed by atoms with van der Waals surface area (Å²) in [4.78, 5) is 0. The van der Waals surface area contributed by atoms with Crippen LogP contribution in [0.25, 0.3) is 0 Å². The van der Waals surface area contributed by atoms with Gasteiger partial charge in [0.1, 0.15) is 12.4 Å². The van der Waals surface area contributed by atoms with E-state index in [0.29, 0.717) is 6.61 Å². The molecule has 0 atom stereocenters. The van der Waals surface area contributed by atoms with Crippen LogP contribution in [0.3, 0.4) is 0 Å². The van der Waals surface area contributed by atoms with Gasteiger partial charge in [-0.2, -0.15) is 0 Å². The monoisotopic (exact) mass is 212 g/mol. The third-order valence-corrected chi connectivity index (χ3v) is 2.52. The van der Waals surface area contributed by atoms with Gasteiger partial charge < -0.3 is 4.74 Å². The van der Waals surface area contributed by atoms with E-state index in [-0.39, 0.29) is 0 Å². The Kier molecular flexibility index (Phi) is 3.25. The van der Waals surface area contributed by atoms with Gasteiger partial charge in [-0.1, -0.05) is 42.0 Å². The molecule has 0 fully saturated rings. The molecule has 0 N–H and O–H groups in total. The molecule has 0 aliphatic carbocycles. The lowest BCUT2D eigenvalue weighted by atomic mass is 10.2. The highest BCUT2D eigenvalue weighted by molar-refractivity contribution is 5.28. The quantitative estimate of drug-likeness (QED) is 0.750. The Hall–Kier alpha value is -1.76. The van der Waals surface area contributed by atoms with E-state index < -0.39 is 0 Å². The van der Waals surface area contributed by atoms with Crippen LogP contribution in [0.2, 0.25) is 0 Å². The summed E-state index contributed by atoms with van der Waals surface area (Å²) in [5, 5.41) is 0. The number of benzene rings is 2. The molecule has 2 aromatic carbocycles. The SMILES string of the molecule is Cc1ccc(COc2cccc(C)c2)cc1. The van der Waals surface area contributed by atoms with Crippen LogP contribution in [0.1, 0.15) is 16.7 Å². The number of rotatable bonds is 3. The predicted molar refractivity (Wildman–Crippen MR) is 66.7 cm³/mol. The zero-order chi connectivity index (χ0) is 11.4. The fourth-order valence-electron chi connectivity index (χ4n) is 1.56. The van der Waals surface area contributed by atoms with E-state index in [0.717, 1.165) is 5.75 Å². The molecule has 0 spiro atoms. The second-order valence-corrected chi connectivity index (χ2v) is 4.09. The summed E-state index contributed by atoms with van der Waals surface area (Å²) in [5.74, 6) is 0.931. The van der Waals surface area contributed by atoms with Crippen molar-refractivity contribution in [2.45, 2.75) is 20.5 Å². The molecule has 0 aliphatic heterocycles. The second kappa shape index (κ2) is 4.84. The average molecular weight is 212 g/mol. The third kappa shape index (κ3) is 2.86. The van der Waals surface area contributed by atoms with Crippen LogP contribution in [0.4, 0.5) is 0 Å². The largest absolute Gasteiger partial charge is 0.489 e. The lowest BCUT2D eigenvalue weighted by Gasteiger charge is -2.07. The van der Waals surface area contributed by atoms with E-state index in [1.165, 1.54) is 16.7 Å². The molecule has 82 valence electrons. The van der Waals surface area contributed by atoms with E-state index in [4.69, 9.17) is 4.74 Å². The van der Waals surface area contributed by atoms with Crippen LogP contribution < -0.4 is 4.74 Å². The van der Waals surface area contributed by atoms with Crippen molar-refractivity contribution in [1.29, 1.82) is 0 Å². The predicted octanol–water partition coefficient (Wildman–Crippen LogP) is 3.88. The number of hydrogen-bond donors (Lipinski definition) is 0. The Labute approximate surface area is 96.7 Å². The molecule has 2 rings (SSSR count). The first-order valence-electron chi connectivity index (χ1n) is 5.49. The van der Waals surface area contributed by atoms with Gasteiger partial charge in [0.2, 0.25) is 0 Å². The second-order valence-electron chi connectivity index (χ2n) is 4.09. The highest BCUT2D eigenvalue weighted by Gasteiger charge is 1.95. The van der Waals surface area contributed by atoms with Crippen molar-refractivity contribution in [3.8, 4) is 5.75 Å². The van der Waals surface area contributed by atoms with Crippen LogP contribution in [-0.4, -0.2) is 0 Å².